The summed E-state index contributed by atoms with van der Waals surface area (Å²) in [6.45, 7) is 1.81. The molecule has 1 aromatic carbocycles. The quantitative estimate of drug-likeness (QED) is 0.229. The SMILES string of the molecule is CC(=NNC(=O)CSc1nnc(-c2cccnc2)n1-c1ccc(Br)cc1)c1cccnc1. The maximum Gasteiger partial charge on any atom is 0.250 e. The molecule has 0 spiro atoms. The Morgan fingerprint density at radius 2 is 1.81 bits per heavy atom. The molecular formula is C22H18BrN7OS. The number of halogens is 1. The van der Waals surface area contributed by atoms with E-state index in [4.69, 9.17) is 0 Å². The van der Waals surface area contributed by atoms with Crippen molar-refractivity contribution in [1.82, 2.24) is 30.2 Å². The number of amides is 1. The number of nitrogens with zero attached hydrogens (tertiary/aromatic N) is 6. The molecule has 160 valence electrons. The molecule has 0 fully saturated rings. The molecule has 8 nitrogen and oxygen atoms in total. The number of aromatic nitrogens is 5. The van der Waals surface area contributed by atoms with Crippen molar-refractivity contribution in [3.63, 3.8) is 0 Å². The molecule has 3 aromatic heterocycles. The van der Waals surface area contributed by atoms with Gasteiger partial charge >= 0.3 is 0 Å². The van der Waals surface area contributed by atoms with E-state index in [0.29, 0.717) is 16.7 Å². The summed E-state index contributed by atoms with van der Waals surface area (Å²) in [5, 5.41) is 13.4. The van der Waals surface area contributed by atoms with Crippen LogP contribution in [0.4, 0.5) is 0 Å². The second kappa shape index (κ2) is 10.3. The Bertz CT molecular complexity index is 1230. The topological polar surface area (TPSA) is 98.0 Å². The number of benzene rings is 1. The molecule has 0 saturated heterocycles. The summed E-state index contributed by atoms with van der Waals surface area (Å²) in [5.41, 5.74) is 5.81. The van der Waals surface area contributed by atoms with Crippen molar-refractivity contribution in [2.24, 2.45) is 5.10 Å². The molecule has 0 atom stereocenters. The smallest absolute Gasteiger partial charge is 0.250 e. The number of carbonyl (C=O) groups excluding carboxylic acids is 1. The standard InChI is InChI=1S/C22H18BrN7OS/c1-15(16-4-2-10-24-12-16)26-27-20(31)14-32-22-29-28-21(17-5-3-11-25-13-17)30(22)19-8-6-18(23)7-9-19/h2-13H,14H2,1H3,(H,27,31). The minimum absolute atomic E-state index is 0.130. The normalized spacial score (nSPS) is 11.4. The van der Waals surface area contributed by atoms with Gasteiger partial charge in [0.1, 0.15) is 0 Å². The van der Waals surface area contributed by atoms with Gasteiger partial charge in [-0.05, 0) is 49.4 Å². The first-order valence-electron chi connectivity index (χ1n) is 9.60. The van der Waals surface area contributed by atoms with Crippen molar-refractivity contribution in [3.8, 4) is 17.1 Å². The Balaban J connectivity index is 1.53. The van der Waals surface area contributed by atoms with Gasteiger partial charge in [0.2, 0.25) is 0 Å². The third-order valence-corrected chi connectivity index (χ3v) is 5.86. The Morgan fingerprint density at radius 3 is 2.50 bits per heavy atom. The fraction of sp³-hybridized carbons (Fsp3) is 0.0909. The van der Waals surface area contributed by atoms with Crippen LogP contribution in [0.3, 0.4) is 0 Å². The number of carbonyl (C=O) groups is 1. The van der Waals surface area contributed by atoms with Crippen LogP contribution in [0.2, 0.25) is 0 Å². The Morgan fingerprint density at radius 1 is 1.06 bits per heavy atom. The summed E-state index contributed by atoms with van der Waals surface area (Å²) < 4.78 is 2.87. The van der Waals surface area contributed by atoms with Crippen LogP contribution in [0.15, 0.2) is 88.0 Å². The van der Waals surface area contributed by atoms with Gasteiger partial charge in [-0.3, -0.25) is 19.3 Å². The van der Waals surface area contributed by atoms with Crippen molar-refractivity contribution < 1.29 is 4.79 Å². The van der Waals surface area contributed by atoms with E-state index in [1.165, 1.54) is 11.8 Å². The van der Waals surface area contributed by atoms with Crippen molar-refractivity contribution in [2.45, 2.75) is 12.1 Å². The van der Waals surface area contributed by atoms with Crippen LogP contribution in [0.5, 0.6) is 0 Å². The lowest BCUT2D eigenvalue weighted by atomic mass is 10.2. The molecule has 4 aromatic rings. The molecule has 0 saturated carbocycles. The van der Waals surface area contributed by atoms with Gasteiger partial charge in [0.15, 0.2) is 11.0 Å². The summed E-state index contributed by atoms with van der Waals surface area (Å²) in [6.07, 6.45) is 6.82. The van der Waals surface area contributed by atoms with E-state index in [9.17, 15) is 4.79 Å². The summed E-state index contributed by atoms with van der Waals surface area (Å²) in [6, 6.07) is 15.3. The number of nitrogens with one attached hydrogen (secondary N) is 1. The second-order valence-electron chi connectivity index (χ2n) is 6.62. The van der Waals surface area contributed by atoms with Gasteiger partial charge in [-0.25, -0.2) is 5.43 Å². The van der Waals surface area contributed by atoms with Gasteiger partial charge in [-0.1, -0.05) is 33.8 Å². The average Bonchev–Trinajstić information content (AvgIpc) is 3.27. The van der Waals surface area contributed by atoms with Crippen molar-refractivity contribution in [3.05, 3.63) is 83.4 Å². The van der Waals surface area contributed by atoms with E-state index in [2.05, 4.69) is 46.6 Å². The molecule has 10 heteroatoms. The predicted octanol–water partition coefficient (Wildman–Crippen LogP) is 4.12. The monoisotopic (exact) mass is 507 g/mol. The van der Waals surface area contributed by atoms with E-state index in [1.54, 1.807) is 24.8 Å². The zero-order valence-electron chi connectivity index (χ0n) is 17.0. The molecule has 32 heavy (non-hydrogen) atoms. The van der Waals surface area contributed by atoms with Gasteiger partial charge in [-0.15, -0.1) is 10.2 Å². The fourth-order valence-electron chi connectivity index (χ4n) is 2.82. The van der Waals surface area contributed by atoms with E-state index in [0.717, 1.165) is 21.3 Å². The van der Waals surface area contributed by atoms with Crippen molar-refractivity contribution >= 4 is 39.3 Å². The molecule has 0 bridgehead atoms. The van der Waals surface area contributed by atoms with Crippen LogP contribution in [-0.2, 0) is 4.79 Å². The number of hydrazone groups is 1. The van der Waals surface area contributed by atoms with Crippen LogP contribution in [0.25, 0.3) is 17.1 Å². The minimum atomic E-state index is -0.244. The molecule has 1 amide bonds. The van der Waals surface area contributed by atoms with Crippen molar-refractivity contribution in [1.29, 1.82) is 0 Å². The number of hydrogen-bond acceptors (Lipinski definition) is 7. The lowest BCUT2D eigenvalue weighted by molar-refractivity contribution is -0.118. The van der Waals surface area contributed by atoms with Crippen LogP contribution in [0, 0.1) is 0 Å². The van der Waals surface area contributed by atoms with E-state index in [-0.39, 0.29) is 11.7 Å². The van der Waals surface area contributed by atoms with E-state index < -0.39 is 0 Å². The molecule has 3 heterocycles. The number of thioether (sulfide) groups is 1. The highest BCUT2D eigenvalue weighted by atomic mass is 79.9. The van der Waals surface area contributed by atoms with E-state index in [1.807, 2.05) is 60.0 Å². The molecule has 4 rings (SSSR count). The minimum Gasteiger partial charge on any atom is -0.272 e. The molecule has 0 aliphatic heterocycles. The summed E-state index contributed by atoms with van der Waals surface area (Å²) in [5.74, 6) is 0.534. The van der Waals surface area contributed by atoms with Crippen LogP contribution >= 0.6 is 27.7 Å². The third kappa shape index (κ3) is 5.27. The second-order valence-corrected chi connectivity index (χ2v) is 8.48. The molecule has 1 N–H and O–H groups in total. The van der Waals surface area contributed by atoms with Crippen LogP contribution in [0.1, 0.15) is 12.5 Å². The van der Waals surface area contributed by atoms with Gasteiger partial charge in [-0.2, -0.15) is 5.10 Å². The summed E-state index contributed by atoms with van der Waals surface area (Å²) in [7, 11) is 0. The predicted molar refractivity (Wildman–Crippen MR) is 128 cm³/mol. The highest BCUT2D eigenvalue weighted by molar-refractivity contribution is 9.10. The lowest BCUT2D eigenvalue weighted by Crippen LogP contribution is -2.21. The Labute approximate surface area is 197 Å². The highest BCUT2D eigenvalue weighted by Crippen LogP contribution is 2.28. The number of rotatable bonds is 7. The van der Waals surface area contributed by atoms with Crippen LogP contribution < -0.4 is 5.43 Å². The first-order valence-corrected chi connectivity index (χ1v) is 11.4. The maximum absolute atomic E-state index is 12.4. The van der Waals surface area contributed by atoms with Gasteiger partial charge in [0.05, 0.1) is 11.5 Å². The first kappa shape index (κ1) is 21.8. The maximum atomic E-state index is 12.4. The van der Waals surface area contributed by atoms with Crippen LogP contribution in [-0.4, -0.2) is 42.1 Å². The van der Waals surface area contributed by atoms with Gasteiger partial charge in [0.25, 0.3) is 5.91 Å². The molecular weight excluding hydrogens is 490 g/mol. The largest absolute Gasteiger partial charge is 0.272 e. The first-order chi connectivity index (χ1) is 15.6. The lowest BCUT2D eigenvalue weighted by Gasteiger charge is -2.10. The molecule has 0 unspecified atom stereocenters. The third-order valence-electron chi connectivity index (χ3n) is 4.40. The molecule has 0 aliphatic carbocycles. The number of pyridine rings is 2. The molecule has 0 aliphatic rings. The Hall–Kier alpha value is -3.37. The summed E-state index contributed by atoms with van der Waals surface area (Å²) in [4.78, 5) is 20.6. The van der Waals surface area contributed by atoms with Gasteiger partial charge in [0, 0.05) is 46.1 Å². The fourth-order valence-corrected chi connectivity index (χ4v) is 3.83. The summed E-state index contributed by atoms with van der Waals surface area (Å²) >= 11 is 4.74. The highest BCUT2D eigenvalue weighted by Gasteiger charge is 2.17. The zero-order chi connectivity index (χ0) is 22.3. The number of hydrogen-bond donors (Lipinski definition) is 1. The average molecular weight is 508 g/mol. The van der Waals surface area contributed by atoms with Crippen molar-refractivity contribution in [2.75, 3.05) is 5.75 Å². The van der Waals surface area contributed by atoms with E-state index >= 15 is 0 Å². The van der Waals surface area contributed by atoms with Gasteiger partial charge < -0.3 is 0 Å². The zero-order valence-corrected chi connectivity index (χ0v) is 19.4. The molecule has 0 radical (unpaired) electrons. The Kier molecular flexibility index (Phi) is 7.03.